The van der Waals surface area contributed by atoms with Crippen molar-refractivity contribution in [3.05, 3.63) is 118 Å². The summed E-state index contributed by atoms with van der Waals surface area (Å²) in [6.07, 6.45) is 2.04. The highest BCUT2D eigenvalue weighted by Gasteiger charge is 2.46. The molecule has 0 bridgehead atoms. The Bertz CT molecular complexity index is 1620. The van der Waals surface area contributed by atoms with Crippen molar-refractivity contribution >= 4 is 20.2 Å². The van der Waals surface area contributed by atoms with E-state index in [1.807, 2.05) is 62.4 Å². The molecule has 190 valence electrons. The number of fused-ring (bicyclic) bond motifs is 3. The highest BCUT2D eigenvalue weighted by molar-refractivity contribution is 7.86. The Balaban J connectivity index is 1.82. The molecule has 0 unspecified atom stereocenters. The zero-order valence-corrected chi connectivity index (χ0v) is 22.5. The summed E-state index contributed by atoms with van der Waals surface area (Å²) in [4.78, 5) is 0. The Kier molecular flexibility index (Phi) is 5.92. The van der Waals surface area contributed by atoms with Gasteiger partial charge in [0.15, 0.2) is 0 Å². The smallest absolute Gasteiger partial charge is 0.306 e. The summed E-state index contributed by atoms with van der Waals surface area (Å²) in [5.74, 6) is 0.545. The summed E-state index contributed by atoms with van der Waals surface area (Å²) < 4.78 is 57.6. The van der Waals surface area contributed by atoms with Gasteiger partial charge in [-0.25, -0.2) is 0 Å². The second-order valence-corrected chi connectivity index (χ2v) is 12.5. The van der Waals surface area contributed by atoms with Crippen molar-refractivity contribution in [3.8, 4) is 22.6 Å². The van der Waals surface area contributed by atoms with Gasteiger partial charge in [0.25, 0.3) is 0 Å². The van der Waals surface area contributed by atoms with Gasteiger partial charge in [0.05, 0.1) is 17.9 Å². The molecule has 4 aromatic carbocycles. The normalized spacial score (nSPS) is 14.1. The van der Waals surface area contributed by atoms with E-state index < -0.39 is 25.7 Å². The Morgan fingerprint density at radius 1 is 0.568 bits per heavy atom. The summed E-state index contributed by atoms with van der Waals surface area (Å²) in [6.45, 7) is 3.64. The molecule has 0 N–H and O–H groups in total. The highest BCUT2D eigenvalue weighted by atomic mass is 32.2. The fourth-order valence-electron chi connectivity index (χ4n) is 5.30. The highest BCUT2D eigenvalue weighted by Crippen LogP contribution is 2.56. The SMILES string of the molecule is Cc1cc(C2(c3ccc(OS(C)(=O)=O)c(C)c3)c3ccccc3-c3ccccc32)ccc1OS(C)(=O)=O. The van der Waals surface area contributed by atoms with Gasteiger partial charge in [-0.1, -0.05) is 72.8 Å². The first-order valence-electron chi connectivity index (χ1n) is 11.6. The Morgan fingerprint density at radius 2 is 0.946 bits per heavy atom. The lowest BCUT2D eigenvalue weighted by molar-refractivity contribution is 0.489. The molecule has 1 aliphatic rings. The molecule has 0 fully saturated rings. The maximum absolute atomic E-state index is 11.8. The van der Waals surface area contributed by atoms with Crippen LogP contribution in [0.3, 0.4) is 0 Å². The monoisotopic (exact) mass is 534 g/mol. The van der Waals surface area contributed by atoms with E-state index in [0.29, 0.717) is 11.1 Å². The van der Waals surface area contributed by atoms with Gasteiger partial charge in [0, 0.05) is 0 Å². The van der Waals surface area contributed by atoms with Crippen LogP contribution in [-0.4, -0.2) is 29.3 Å². The minimum atomic E-state index is -3.68. The van der Waals surface area contributed by atoms with E-state index in [0.717, 1.165) is 45.9 Å². The van der Waals surface area contributed by atoms with Crippen molar-refractivity contribution in [2.45, 2.75) is 19.3 Å². The summed E-state index contributed by atoms with van der Waals surface area (Å²) in [5.41, 5.74) is 6.82. The lowest BCUT2D eigenvalue weighted by Crippen LogP contribution is -2.29. The zero-order chi connectivity index (χ0) is 26.6. The molecule has 0 saturated carbocycles. The Hall–Kier alpha value is -3.62. The average Bonchev–Trinajstić information content (AvgIpc) is 3.12. The topological polar surface area (TPSA) is 86.7 Å². The zero-order valence-electron chi connectivity index (χ0n) is 20.8. The summed E-state index contributed by atoms with van der Waals surface area (Å²) in [7, 11) is -7.37. The van der Waals surface area contributed by atoms with Crippen molar-refractivity contribution < 1.29 is 25.2 Å². The van der Waals surface area contributed by atoms with Crippen molar-refractivity contribution in [1.82, 2.24) is 0 Å². The second-order valence-electron chi connectivity index (χ2n) is 9.38. The van der Waals surface area contributed by atoms with Crippen molar-refractivity contribution in [1.29, 1.82) is 0 Å². The van der Waals surface area contributed by atoms with Gasteiger partial charge >= 0.3 is 20.2 Å². The first-order valence-corrected chi connectivity index (χ1v) is 15.2. The largest absolute Gasteiger partial charge is 0.382 e. The van der Waals surface area contributed by atoms with E-state index >= 15 is 0 Å². The number of hydrogen-bond acceptors (Lipinski definition) is 6. The standard InChI is InChI=1S/C29H26O6S2/c1-19-17-21(13-15-27(19)34-36(3,30)31)29(22-14-16-28(20(2)18-22)35-37(4,32)33)25-11-7-5-9-23(25)24-10-6-8-12-26(24)29/h5-18H,1-4H3. The third-order valence-electron chi connectivity index (χ3n) is 6.65. The molecule has 37 heavy (non-hydrogen) atoms. The van der Waals surface area contributed by atoms with Crippen LogP contribution in [0.15, 0.2) is 84.9 Å². The Labute approximate surface area is 217 Å². The maximum Gasteiger partial charge on any atom is 0.306 e. The molecule has 8 heteroatoms. The predicted octanol–water partition coefficient (Wildman–Crippen LogP) is 5.34. The van der Waals surface area contributed by atoms with Gasteiger partial charge in [0.2, 0.25) is 0 Å². The van der Waals surface area contributed by atoms with Gasteiger partial charge < -0.3 is 8.37 Å². The van der Waals surface area contributed by atoms with Crippen molar-refractivity contribution in [2.75, 3.05) is 12.5 Å². The maximum atomic E-state index is 11.8. The van der Waals surface area contributed by atoms with Crippen LogP contribution in [0.5, 0.6) is 11.5 Å². The number of aryl methyl sites for hydroxylation is 2. The Morgan fingerprint density at radius 3 is 1.30 bits per heavy atom. The third-order valence-corrected chi connectivity index (χ3v) is 7.62. The molecule has 0 atom stereocenters. The summed E-state index contributed by atoms with van der Waals surface area (Å²) >= 11 is 0. The molecule has 0 radical (unpaired) electrons. The molecule has 0 aliphatic heterocycles. The fourth-order valence-corrected chi connectivity index (χ4v) is 6.33. The summed E-state index contributed by atoms with van der Waals surface area (Å²) in [6, 6.07) is 27.5. The number of hydrogen-bond donors (Lipinski definition) is 0. The van der Waals surface area contributed by atoms with E-state index in [4.69, 9.17) is 8.37 Å². The third kappa shape index (κ3) is 4.40. The molecule has 4 aromatic rings. The van der Waals surface area contributed by atoms with Gasteiger partial charge in [0.1, 0.15) is 11.5 Å². The second kappa shape index (κ2) is 8.75. The van der Waals surface area contributed by atoms with Gasteiger partial charge in [-0.15, -0.1) is 0 Å². The van der Waals surface area contributed by atoms with E-state index in [2.05, 4.69) is 24.3 Å². The molecular formula is C29H26O6S2. The number of rotatable bonds is 6. The molecule has 5 rings (SSSR count). The lowest BCUT2D eigenvalue weighted by atomic mass is 9.67. The first-order chi connectivity index (χ1) is 17.4. The molecule has 6 nitrogen and oxygen atoms in total. The quantitative estimate of drug-likeness (QED) is 0.273. The first kappa shape index (κ1) is 25.0. The molecule has 1 aliphatic carbocycles. The van der Waals surface area contributed by atoms with Crippen LogP contribution in [-0.2, 0) is 25.7 Å². The van der Waals surface area contributed by atoms with Crippen LogP contribution in [0.1, 0.15) is 33.4 Å². The van der Waals surface area contributed by atoms with Crippen LogP contribution in [0, 0.1) is 13.8 Å². The molecule has 0 heterocycles. The summed E-state index contributed by atoms with van der Waals surface area (Å²) in [5, 5.41) is 0. The van der Waals surface area contributed by atoms with Gasteiger partial charge in [-0.05, 0) is 70.5 Å². The van der Waals surface area contributed by atoms with Crippen LogP contribution in [0.4, 0.5) is 0 Å². The lowest BCUT2D eigenvalue weighted by Gasteiger charge is -2.34. The van der Waals surface area contributed by atoms with Crippen molar-refractivity contribution in [3.63, 3.8) is 0 Å². The van der Waals surface area contributed by atoms with E-state index in [1.54, 1.807) is 12.1 Å². The van der Waals surface area contributed by atoms with Crippen LogP contribution < -0.4 is 8.37 Å². The molecule has 0 aromatic heterocycles. The molecular weight excluding hydrogens is 508 g/mol. The van der Waals surface area contributed by atoms with Gasteiger partial charge in [-0.3, -0.25) is 0 Å². The minimum absolute atomic E-state index is 0.272. The molecule has 0 saturated heterocycles. The van der Waals surface area contributed by atoms with E-state index in [-0.39, 0.29) is 11.5 Å². The van der Waals surface area contributed by atoms with E-state index in [9.17, 15) is 16.8 Å². The molecule has 0 amide bonds. The molecule has 0 spiro atoms. The average molecular weight is 535 g/mol. The van der Waals surface area contributed by atoms with Crippen molar-refractivity contribution in [2.24, 2.45) is 0 Å². The van der Waals surface area contributed by atoms with E-state index in [1.165, 1.54) is 0 Å². The van der Waals surface area contributed by atoms with Crippen LogP contribution >= 0.6 is 0 Å². The fraction of sp³-hybridized carbons (Fsp3) is 0.172. The van der Waals surface area contributed by atoms with Crippen LogP contribution in [0.25, 0.3) is 11.1 Å². The van der Waals surface area contributed by atoms with Gasteiger partial charge in [-0.2, -0.15) is 16.8 Å². The van der Waals surface area contributed by atoms with Crippen LogP contribution in [0.2, 0.25) is 0 Å². The minimum Gasteiger partial charge on any atom is -0.382 e. The number of benzene rings is 4. The predicted molar refractivity (Wildman–Crippen MR) is 144 cm³/mol.